The molecule has 1 saturated heterocycles. The van der Waals surface area contributed by atoms with Gasteiger partial charge in [-0.05, 0) is 48.4 Å². The molecule has 0 aliphatic carbocycles. The summed E-state index contributed by atoms with van der Waals surface area (Å²) in [4.78, 5) is 30.0. The predicted molar refractivity (Wildman–Crippen MR) is 114 cm³/mol. The number of aryl methyl sites for hydroxylation is 1. The van der Waals surface area contributed by atoms with Gasteiger partial charge in [-0.2, -0.15) is 0 Å². The molecule has 0 radical (unpaired) electrons. The minimum absolute atomic E-state index is 0.0169. The summed E-state index contributed by atoms with van der Waals surface area (Å²) in [5.74, 6) is -0.220. The number of anilines is 2. The van der Waals surface area contributed by atoms with E-state index in [0.717, 1.165) is 21.3 Å². The second-order valence-corrected chi connectivity index (χ2v) is 7.68. The first kappa shape index (κ1) is 18.4. The van der Waals surface area contributed by atoms with Crippen LogP contribution in [0, 0.1) is 6.92 Å². The summed E-state index contributed by atoms with van der Waals surface area (Å²) in [5, 5.41) is 0. The first-order chi connectivity index (χ1) is 13.6. The number of nitrogens with zero attached hydrogens (tertiary/aromatic N) is 2. The molecular weight excluding hydrogens is 416 g/mol. The van der Waals surface area contributed by atoms with Gasteiger partial charge in [0, 0.05) is 15.8 Å². The number of para-hydroxylation sites is 1. The third-order valence-electron chi connectivity index (χ3n) is 4.95. The molecule has 3 aromatic rings. The van der Waals surface area contributed by atoms with E-state index in [0.29, 0.717) is 5.69 Å². The van der Waals surface area contributed by atoms with E-state index >= 15 is 0 Å². The number of benzene rings is 3. The third kappa shape index (κ3) is 3.34. The van der Waals surface area contributed by atoms with Gasteiger partial charge in [0.15, 0.2) is 0 Å². The number of carbonyl (C=O) groups is 2. The monoisotopic (exact) mass is 434 g/mol. The van der Waals surface area contributed by atoms with Crippen molar-refractivity contribution in [3.8, 4) is 0 Å². The fraction of sp³-hybridized carbons (Fsp3) is 0.130. The van der Waals surface area contributed by atoms with Gasteiger partial charge in [0.05, 0.1) is 0 Å². The van der Waals surface area contributed by atoms with Crippen LogP contribution in [-0.4, -0.2) is 18.4 Å². The molecule has 5 heteroatoms. The Hall–Kier alpha value is -2.92. The largest absolute Gasteiger partial charge is 0.301 e. The molecule has 1 fully saturated rings. The van der Waals surface area contributed by atoms with Gasteiger partial charge in [0.1, 0.15) is 12.6 Å². The van der Waals surface area contributed by atoms with E-state index in [1.54, 1.807) is 9.80 Å². The lowest BCUT2D eigenvalue weighted by Crippen LogP contribution is -2.56. The summed E-state index contributed by atoms with van der Waals surface area (Å²) in [5.41, 5.74) is 3.24. The van der Waals surface area contributed by atoms with E-state index in [4.69, 9.17) is 0 Å². The Morgan fingerprint density at radius 2 is 1.50 bits per heavy atom. The van der Waals surface area contributed by atoms with E-state index < -0.39 is 6.04 Å². The topological polar surface area (TPSA) is 40.6 Å². The molecule has 1 atom stereocenters. The average molecular weight is 435 g/mol. The van der Waals surface area contributed by atoms with Crippen LogP contribution in [0.2, 0.25) is 0 Å². The summed E-state index contributed by atoms with van der Waals surface area (Å²) in [7, 11) is 0. The maximum atomic E-state index is 13.6. The maximum absolute atomic E-state index is 13.6. The molecule has 0 aromatic heterocycles. The SMILES string of the molecule is Cc1ccccc1N1CC(=O)N(c2ccc(Br)cc2)C(c2ccccc2)C1=O. The molecule has 4 nitrogen and oxygen atoms in total. The fourth-order valence-corrected chi connectivity index (χ4v) is 3.85. The van der Waals surface area contributed by atoms with Crippen LogP contribution in [0.1, 0.15) is 17.2 Å². The van der Waals surface area contributed by atoms with Gasteiger partial charge in [-0.1, -0.05) is 64.5 Å². The van der Waals surface area contributed by atoms with Crippen LogP contribution >= 0.6 is 15.9 Å². The zero-order chi connectivity index (χ0) is 19.7. The van der Waals surface area contributed by atoms with Gasteiger partial charge >= 0.3 is 0 Å². The first-order valence-electron chi connectivity index (χ1n) is 9.06. The highest BCUT2D eigenvalue weighted by molar-refractivity contribution is 9.10. The molecule has 0 saturated carbocycles. The second-order valence-electron chi connectivity index (χ2n) is 6.76. The lowest BCUT2D eigenvalue weighted by Gasteiger charge is -2.41. The molecule has 0 N–H and O–H groups in total. The molecule has 1 unspecified atom stereocenters. The first-order valence-corrected chi connectivity index (χ1v) is 9.85. The summed E-state index contributed by atoms with van der Waals surface area (Å²) in [6.45, 7) is 1.97. The lowest BCUT2D eigenvalue weighted by atomic mass is 9.99. The van der Waals surface area contributed by atoms with Crippen molar-refractivity contribution in [1.29, 1.82) is 0 Å². The van der Waals surface area contributed by atoms with Gasteiger partial charge in [-0.15, -0.1) is 0 Å². The summed E-state index contributed by atoms with van der Waals surface area (Å²) < 4.78 is 0.921. The van der Waals surface area contributed by atoms with Crippen LogP contribution in [0.5, 0.6) is 0 Å². The van der Waals surface area contributed by atoms with Gasteiger partial charge < -0.3 is 4.90 Å². The Kier molecular flexibility index (Phi) is 5.01. The molecule has 140 valence electrons. The number of amides is 2. The highest BCUT2D eigenvalue weighted by atomic mass is 79.9. The van der Waals surface area contributed by atoms with Crippen molar-refractivity contribution in [1.82, 2.24) is 0 Å². The zero-order valence-electron chi connectivity index (χ0n) is 15.4. The molecule has 0 spiro atoms. The van der Waals surface area contributed by atoms with Gasteiger partial charge in [-0.25, -0.2) is 0 Å². The highest BCUT2D eigenvalue weighted by Crippen LogP contribution is 2.35. The summed E-state index contributed by atoms with van der Waals surface area (Å²) in [6, 6.07) is 23.9. The molecular formula is C23H19BrN2O2. The summed E-state index contributed by atoms with van der Waals surface area (Å²) >= 11 is 3.43. The number of piperazine rings is 1. The fourth-order valence-electron chi connectivity index (χ4n) is 3.58. The minimum atomic E-state index is -0.705. The maximum Gasteiger partial charge on any atom is 0.255 e. The van der Waals surface area contributed by atoms with Crippen molar-refractivity contribution in [3.05, 3.63) is 94.5 Å². The molecule has 2 amide bonds. The number of carbonyl (C=O) groups excluding carboxylic acids is 2. The molecule has 3 aromatic carbocycles. The van der Waals surface area contributed by atoms with E-state index in [-0.39, 0.29) is 18.4 Å². The van der Waals surface area contributed by atoms with Gasteiger partial charge in [-0.3, -0.25) is 14.5 Å². The van der Waals surface area contributed by atoms with Crippen molar-refractivity contribution in [2.45, 2.75) is 13.0 Å². The van der Waals surface area contributed by atoms with Crippen LogP contribution in [0.4, 0.5) is 11.4 Å². The Morgan fingerprint density at radius 3 is 2.18 bits per heavy atom. The van der Waals surface area contributed by atoms with Crippen LogP contribution < -0.4 is 9.80 Å². The normalized spacial score (nSPS) is 17.1. The molecule has 4 rings (SSSR count). The second kappa shape index (κ2) is 7.60. The minimum Gasteiger partial charge on any atom is -0.301 e. The van der Waals surface area contributed by atoms with Crippen molar-refractivity contribution in [2.75, 3.05) is 16.3 Å². The van der Waals surface area contributed by atoms with E-state index in [1.807, 2.05) is 85.8 Å². The van der Waals surface area contributed by atoms with Crippen molar-refractivity contribution in [3.63, 3.8) is 0 Å². The Morgan fingerprint density at radius 1 is 0.857 bits per heavy atom. The number of hydrogen-bond acceptors (Lipinski definition) is 2. The van der Waals surface area contributed by atoms with Crippen molar-refractivity contribution >= 4 is 39.1 Å². The highest BCUT2D eigenvalue weighted by Gasteiger charge is 2.42. The molecule has 1 heterocycles. The predicted octanol–water partition coefficient (Wildman–Crippen LogP) is 4.88. The molecule has 1 aliphatic heterocycles. The third-order valence-corrected chi connectivity index (χ3v) is 5.48. The lowest BCUT2D eigenvalue weighted by molar-refractivity contribution is -0.128. The number of halogens is 1. The van der Waals surface area contributed by atoms with Crippen molar-refractivity contribution in [2.24, 2.45) is 0 Å². The summed E-state index contributed by atoms with van der Waals surface area (Å²) in [6.07, 6.45) is 0. The van der Waals surface area contributed by atoms with Crippen LogP contribution in [0.25, 0.3) is 0 Å². The standard InChI is InChI=1S/C23H19BrN2O2/c1-16-7-5-6-10-20(16)25-15-21(27)26(19-13-11-18(24)12-14-19)22(23(25)28)17-8-3-2-4-9-17/h2-14,22H,15H2,1H3. The van der Waals surface area contributed by atoms with E-state index in [1.165, 1.54) is 0 Å². The van der Waals surface area contributed by atoms with Crippen LogP contribution in [0.15, 0.2) is 83.3 Å². The van der Waals surface area contributed by atoms with Crippen LogP contribution in [0.3, 0.4) is 0 Å². The number of hydrogen-bond donors (Lipinski definition) is 0. The Bertz CT molecular complexity index is 1020. The molecule has 1 aliphatic rings. The Labute approximate surface area is 172 Å². The van der Waals surface area contributed by atoms with Gasteiger partial charge in [0.25, 0.3) is 5.91 Å². The quantitative estimate of drug-likeness (QED) is 0.589. The van der Waals surface area contributed by atoms with Crippen molar-refractivity contribution < 1.29 is 9.59 Å². The van der Waals surface area contributed by atoms with Gasteiger partial charge in [0.2, 0.25) is 5.91 Å². The smallest absolute Gasteiger partial charge is 0.255 e. The average Bonchev–Trinajstić information content (AvgIpc) is 2.71. The zero-order valence-corrected chi connectivity index (χ0v) is 17.0. The van der Waals surface area contributed by atoms with E-state index in [2.05, 4.69) is 15.9 Å². The van der Waals surface area contributed by atoms with E-state index in [9.17, 15) is 9.59 Å². The van der Waals surface area contributed by atoms with Crippen LogP contribution in [-0.2, 0) is 9.59 Å². The molecule has 28 heavy (non-hydrogen) atoms. The Balaban J connectivity index is 1.82. The molecule has 0 bridgehead atoms. The number of rotatable bonds is 3.